The smallest absolute Gasteiger partial charge is 0.338 e. The highest BCUT2D eigenvalue weighted by molar-refractivity contribution is 7.99. The largest absolute Gasteiger partial charge is 0.497 e. The van der Waals surface area contributed by atoms with Gasteiger partial charge in [-0.1, -0.05) is 11.3 Å². The highest BCUT2D eigenvalue weighted by atomic mass is 32.2. The lowest BCUT2D eigenvalue weighted by molar-refractivity contribution is -0.384. The molecule has 12 nitrogen and oxygen atoms in total. The van der Waals surface area contributed by atoms with Gasteiger partial charge in [0.05, 0.1) is 41.6 Å². The topological polar surface area (TPSA) is 148 Å². The third-order valence-corrected chi connectivity index (χ3v) is 8.45. The molecule has 0 aliphatic carbocycles. The summed E-state index contributed by atoms with van der Waals surface area (Å²) in [4.78, 5) is 52.5. The van der Waals surface area contributed by atoms with Crippen LogP contribution in [0.1, 0.15) is 31.0 Å². The maximum Gasteiger partial charge on any atom is 0.338 e. The number of fused-ring (bicyclic) bond motifs is 1. The molecule has 1 aliphatic rings. The first-order chi connectivity index (χ1) is 20.7. The number of carbonyl (C=O) groups is 1. The van der Waals surface area contributed by atoms with Crippen LogP contribution in [0.3, 0.4) is 0 Å². The van der Waals surface area contributed by atoms with Crippen LogP contribution in [0.5, 0.6) is 11.5 Å². The summed E-state index contributed by atoms with van der Waals surface area (Å²) in [5, 5.41) is 12.0. The number of esters is 1. The summed E-state index contributed by atoms with van der Waals surface area (Å²) in [7, 11) is 3.01. The summed E-state index contributed by atoms with van der Waals surface area (Å²) in [6.45, 7) is 3.51. The molecule has 3 heterocycles. The number of nitro benzene ring substituents is 1. The van der Waals surface area contributed by atoms with Crippen LogP contribution >= 0.6 is 23.1 Å². The fourth-order valence-corrected chi connectivity index (χ4v) is 6.40. The van der Waals surface area contributed by atoms with Gasteiger partial charge in [0.2, 0.25) is 0 Å². The Balaban J connectivity index is 1.74. The van der Waals surface area contributed by atoms with E-state index in [0.29, 0.717) is 43.2 Å². The summed E-state index contributed by atoms with van der Waals surface area (Å²) >= 11 is 2.31. The van der Waals surface area contributed by atoms with E-state index in [9.17, 15) is 19.7 Å². The lowest BCUT2D eigenvalue weighted by Crippen LogP contribution is -2.40. The number of hydrogen-bond acceptors (Lipinski definition) is 12. The molecule has 0 spiro atoms. The molecular formula is C29H25N5O7S2. The van der Waals surface area contributed by atoms with Crippen LogP contribution in [0.15, 0.2) is 86.0 Å². The van der Waals surface area contributed by atoms with Crippen LogP contribution in [0, 0.1) is 10.1 Å². The number of hydrogen-bond donors (Lipinski definition) is 0. The predicted molar refractivity (Wildman–Crippen MR) is 159 cm³/mol. The Labute approximate surface area is 253 Å². The predicted octanol–water partition coefficient (Wildman–Crippen LogP) is 3.66. The molecule has 220 valence electrons. The zero-order valence-electron chi connectivity index (χ0n) is 23.5. The molecule has 2 aromatic carbocycles. The minimum absolute atomic E-state index is 0.130. The van der Waals surface area contributed by atoms with Crippen molar-refractivity contribution >= 4 is 40.8 Å². The van der Waals surface area contributed by atoms with Gasteiger partial charge in [-0.25, -0.2) is 19.8 Å². The number of nitrogens with zero attached hydrogens (tertiary/aromatic N) is 5. The van der Waals surface area contributed by atoms with Crippen molar-refractivity contribution in [3.63, 3.8) is 0 Å². The first-order valence-electron chi connectivity index (χ1n) is 12.9. The average molecular weight is 620 g/mol. The van der Waals surface area contributed by atoms with Crippen LogP contribution < -0.4 is 24.4 Å². The summed E-state index contributed by atoms with van der Waals surface area (Å²) in [5.41, 5.74) is 0.954. The van der Waals surface area contributed by atoms with Crippen molar-refractivity contribution in [1.29, 1.82) is 0 Å². The van der Waals surface area contributed by atoms with Gasteiger partial charge in [0, 0.05) is 41.1 Å². The van der Waals surface area contributed by atoms with Gasteiger partial charge >= 0.3 is 5.97 Å². The summed E-state index contributed by atoms with van der Waals surface area (Å²) in [6.07, 6.45) is 4.76. The molecular weight excluding hydrogens is 594 g/mol. The second kappa shape index (κ2) is 12.6. The fourth-order valence-electron chi connectivity index (χ4n) is 4.56. The molecule has 1 atom stereocenters. The highest BCUT2D eigenvalue weighted by Crippen LogP contribution is 2.38. The van der Waals surface area contributed by atoms with E-state index in [1.807, 2.05) is 0 Å². The Bertz CT molecular complexity index is 1940. The average Bonchev–Trinajstić information content (AvgIpc) is 3.31. The van der Waals surface area contributed by atoms with Crippen molar-refractivity contribution in [2.45, 2.75) is 29.9 Å². The number of allylic oxidation sites excluding steroid dienone is 1. The van der Waals surface area contributed by atoms with Crippen molar-refractivity contribution in [2.24, 2.45) is 4.99 Å². The van der Waals surface area contributed by atoms with Gasteiger partial charge in [-0.2, -0.15) is 0 Å². The normalized spacial score (nSPS) is 14.6. The molecule has 43 heavy (non-hydrogen) atoms. The van der Waals surface area contributed by atoms with Gasteiger partial charge in [0.25, 0.3) is 11.2 Å². The van der Waals surface area contributed by atoms with Crippen LogP contribution in [0.2, 0.25) is 0 Å². The molecule has 0 saturated heterocycles. The maximum absolute atomic E-state index is 14.1. The highest BCUT2D eigenvalue weighted by Gasteiger charge is 2.35. The van der Waals surface area contributed by atoms with Crippen molar-refractivity contribution < 1.29 is 23.9 Å². The van der Waals surface area contributed by atoms with Crippen molar-refractivity contribution in [3.05, 3.63) is 107 Å². The maximum atomic E-state index is 14.1. The third kappa shape index (κ3) is 5.92. The molecule has 0 saturated carbocycles. The number of aromatic nitrogens is 3. The minimum atomic E-state index is -0.921. The van der Waals surface area contributed by atoms with Crippen LogP contribution in [0.4, 0.5) is 5.69 Å². The number of rotatable bonds is 9. The first-order valence-corrected chi connectivity index (χ1v) is 14.5. The van der Waals surface area contributed by atoms with E-state index in [4.69, 9.17) is 14.2 Å². The molecule has 4 aromatic rings. The molecule has 0 fully saturated rings. The SMILES string of the molecule is CCOC(=O)C1=C(C)N=c2s/c(=C/c3cc([N+](=O)[O-])ccc3Sc3ncccn3)c(=O)n2[C@H]1c1ccc(OC)cc1OC. The number of benzene rings is 2. The van der Waals surface area contributed by atoms with Crippen LogP contribution in [-0.2, 0) is 9.53 Å². The van der Waals surface area contributed by atoms with Crippen molar-refractivity contribution in [2.75, 3.05) is 20.8 Å². The van der Waals surface area contributed by atoms with E-state index in [2.05, 4.69) is 15.0 Å². The number of ether oxygens (including phenoxy) is 3. The number of carbonyl (C=O) groups excluding carboxylic acids is 1. The number of thiazole rings is 1. The van der Waals surface area contributed by atoms with Crippen LogP contribution in [0.25, 0.3) is 6.08 Å². The first kappa shape index (κ1) is 29.7. The molecule has 1 aliphatic heterocycles. The quantitative estimate of drug-likeness (QED) is 0.118. The third-order valence-electron chi connectivity index (χ3n) is 6.49. The number of nitro groups is 1. The molecule has 5 rings (SSSR count). The molecule has 0 radical (unpaired) electrons. The van der Waals surface area contributed by atoms with Gasteiger partial charge in [-0.15, -0.1) is 0 Å². The van der Waals surface area contributed by atoms with Gasteiger partial charge in [-0.05, 0) is 61.5 Å². The summed E-state index contributed by atoms with van der Waals surface area (Å²) in [5.74, 6) is 0.321. The molecule has 0 bridgehead atoms. The Hall–Kier alpha value is -4.82. The lowest BCUT2D eigenvalue weighted by Gasteiger charge is -2.26. The van der Waals surface area contributed by atoms with Gasteiger partial charge in [-0.3, -0.25) is 19.5 Å². The van der Waals surface area contributed by atoms with Crippen LogP contribution in [-0.4, -0.2) is 46.3 Å². The van der Waals surface area contributed by atoms with E-state index < -0.39 is 22.5 Å². The second-order valence-electron chi connectivity index (χ2n) is 9.02. The van der Waals surface area contributed by atoms with E-state index in [-0.39, 0.29) is 22.4 Å². The van der Waals surface area contributed by atoms with E-state index >= 15 is 0 Å². The fraction of sp³-hybridized carbons (Fsp3) is 0.207. The molecule has 0 amide bonds. The van der Waals surface area contributed by atoms with Crippen molar-refractivity contribution in [1.82, 2.24) is 14.5 Å². The Morgan fingerprint density at radius 1 is 1.16 bits per heavy atom. The van der Waals surface area contributed by atoms with Gasteiger partial charge in [0.15, 0.2) is 9.96 Å². The Morgan fingerprint density at radius 3 is 2.60 bits per heavy atom. The minimum Gasteiger partial charge on any atom is -0.497 e. The molecule has 14 heteroatoms. The zero-order valence-corrected chi connectivity index (χ0v) is 25.1. The van der Waals surface area contributed by atoms with Crippen molar-refractivity contribution in [3.8, 4) is 11.5 Å². The molecule has 0 N–H and O–H groups in total. The monoisotopic (exact) mass is 619 g/mol. The second-order valence-corrected chi connectivity index (χ2v) is 11.0. The van der Waals surface area contributed by atoms with E-state index in [1.165, 1.54) is 42.7 Å². The lowest BCUT2D eigenvalue weighted by atomic mass is 9.95. The number of methoxy groups -OCH3 is 2. The van der Waals surface area contributed by atoms with Gasteiger partial charge < -0.3 is 14.2 Å². The van der Waals surface area contributed by atoms with E-state index in [1.54, 1.807) is 62.6 Å². The van der Waals surface area contributed by atoms with Gasteiger partial charge in [0.1, 0.15) is 17.5 Å². The molecule has 0 unspecified atom stereocenters. The Morgan fingerprint density at radius 2 is 1.93 bits per heavy atom. The summed E-state index contributed by atoms with van der Waals surface area (Å²) in [6, 6.07) is 10.2. The number of non-ortho nitro benzene ring substituents is 1. The van der Waals surface area contributed by atoms with E-state index in [0.717, 1.165) is 11.3 Å². The standard InChI is InChI=1S/C29H25N5O7S2/c1-5-41-27(36)24-16(2)32-29-33(25(24)20-9-8-19(39-3)15-21(20)40-4)26(35)23(43-29)14-17-13-18(34(37)38)7-10-22(17)42-28-30-11-6-12-31-28/h6-15,25H,5H2,1-4H3/b23-14+/t25-/m0/s1. The zero-order chi connectivity index (χ0) is 30.7. The molecule has 2 aromatic heterocycles. The summed E-state index contributed by atoms with van der Waals surface area (Å²) < 4.78 is 18.0. The Kier molecular flexibility index (Phi) is 8.68.